The van der Waals surface area contributed by atoms with Crippen LogP contribution in [-0.4, -0.2) is 22.3 Å². The maximum Gasteiger partial charge on any atom is 0.225 e. The molecular weight excluding hydrogens is 263 g/mol. The quantitative estimate of drug-likeness (QED) is 0.815. The molecule has 0 unspecified atom stereocenters. The van der Waals surface area contributed by atoms with Gasteiger partial charge in [-0.05, 0) is 17.7 Å². The third kappa shape index (κ3) is 5.34. The van der Waals surface area contributed by atoms with E-state index in [4.69, 9.17) is 18.0 Å². The molecule has 1 rings (SSSR count). The van der Waals surface area contributed by atoms with Crippen LogP contribution in [0, 0.1) is 11.7 Å². The van der Waals surface area contributed by atoms with E-state index in [2.05, 4.69) is 0 Å². The minimum absolute atomic E-state index is 0.0422. The first-order valence-electron chi connectivity index (χ1n) is 6.21. The monoisotopic (exact) mass is 282 g/mol. The van der Waals surface area contributed by atoms with E-state index in [1.165, 1.54) is 12.1 Å². The van der Waals surface area contributed by atoms with E-state index < -0.39 is 0 Å². The van der Waals surface area contributed by atoms with Gasteiger partial charge in [-0.1, -0.05) is 38.2 Å². The third-order valence-electron chi connectivity index (χ3n) is 2.72. The molecular formula is C14H19FN2OS. The molecule has 19 heavy (non-hydrogen) atoms. The van der Waals surface area contributed by atoms with Crippen molar-refractivity contribution in [3.8, 4) is 0 Å². The molecule has 0 saturated heterocycles. The molecule has 0 radical (unpaired) electrons. The summed E-state index contributed by atoms with van der Waals surface area (Å²) in [4.78, 5) is 14.2. The predicted molar refractivity (Wildman–Crippen MR) is 78.1 cm³/mol. The number of hydrogen-bond acceptors (Lipinski definition) is 2. The Labute approximate surface area is 118 Å². The number of benzene rings is 1. The SMILES string of the molecule is CC(C)C(=O)N(CCC(N)=S)Cc1ccc(F)cc1. The van der Waals surface area contributed by atoms with Crippen molar-refractivity contribution < 1.29 is 9.18 Å². The van der Waals surface area contributed by atoms with E-state index >= 15 is 0 Å². The molecule has 0 aliphatic carbocycles. The van der Waals surface area contributed by atoms with Gasteiger partial charge in [-0.3, -0.25) is 4.79 Å². The molecule has 0 spiro atoms. The third-order valence-corrected chi connectivity index (χ3v) is 2.92. The van der Waals surface area contributed by atoms with Crippen LogP contribution in [0.3, 0.4) is 0 Å². The Morgan fingerprint density at radius 3 is 2.42 bits per heavy atom. The highest BCUT2D eigenvalue weighted by atomic mass is 32.1. The number of carbonyl (C=O) groups excluding carboxylic acids is 1. The summed E-state index contributed by atoms with van der Waals surface area (Å²) in [5, 5.41) is 0. The van der Waals surface area contributed by atoms with Crippen molar-refractivity contribution in [3.63, 3.8) is 0 Å². The summed E-state index contributed by atoms with van der Waals surface area (Å²) in [5.74, 6) is -0.332. The molecule has 5 heteroatoms. The summed E-state index contributed by atoms with van der Waals surface area (Å²) < 4.78 is 12.9. The molecule has 0 bridgehead atoms. The molecule has 0 aromatic heterocycles. The van der Waals surface area contributed by atoms with Crippen LogP contribution < -0.4 is 5.73 Å². The second kappa shape index (κ2) is 7.19. The predicted octanol–water partition coefficient (Wildman–Crippen LogP) is 2.49. The fraction of sp³-hybridized carbons (Fsp3) is 0.429. The molecule has 1 aromatic carbocycles. The van der Waals surface area contributed by atoms with E-state index in [0.29, 0.717) is 24.5 Å². The van der Waals surface area contributed by atoms with Crippen molar-refractivity contribution in [1.29, 1.82) is 0 Å². The Balaban J connectivity index is 2.75. The van der Waals surface area contributed by atoms with Gasteiger partial charge < -0.3 is 10.6 Å². The highest BCUT2D eigenvalue weighted by molar-refractivity contribution is 7.80. The first-order valence-corrected chi connectivity index (χ1v) is 6.62. The number of halogens is 1. The fourth-order valence-corrected chi connectivity index (χ4v) is 1.78. The van der Waals surface area contributed by atoms with E-state index in [1.54, 1.807) is 17.0 Å². The Morgan fingerprint density at radius 2 is 1.95 bits per heavy atom. The topological polar surface area (TPSA) is 46.3 Å². The molecule has 1 amide bonds. The van der Waals surface area contributed by atoms with Crippen LogP contribution in [0.2, 0.25) is 0 Å². The highest BCUT2D eigenvalue weighted by Crippen LogP contribution is 2.10. The lowest BCUT2D eigenvalue weighted by Crippen LogP contribution is -2.36. The second-order valence-corrected chi connectivity index (χ2v) is 5.28. The van der Waals surface area contributed by atoms with Crippen molar-refractivity contribution >= 4 is 23.1 Å². The Bertz CT molecular complexity index is 445. The van der Waals surface area contributed by atoms with Gasteiger partial charge in [0.05, 0.1) is 4.99 Å². The van der Waals surface area contributed by atoms with Gasteiger partial charge in [0, 0.05) is 25.4 Å². The average molecular weight is 282 g/mol. The molecule has 104 valence electrons. The van der Waals surface area contributed by atoms with Crippen molar-refractivity contribution in [1.82, 2.24) is 4.90 Å². The number of amides is 1. The number of carbonyl (C=O) groups is 1. The standard InChI is InChI=1S/C14H19FN2OS/c1-10(2)14(18)17(8-7-13(16)19)9-11-3-5-12(15)6-4-11/h3-6,10H,7-9H2,1-2H3,(H2,16,19). The van der Waals surface area contributed by atoms with Crippen LogP contribution in [-0.2, 0) is 11.3 Å². The zero-order valence-corrected chi connectivity index (χ0v) is 12.0. The van der Waals surface area contributed by atoms with Gasteiger partial charge in [0.15, 0.2) is 0 Å². The molecule has 1 aromatic rings. The summed E-state index contributed by atoms with van der Waals surface area (Å²) in [6.45, 7) is 4.63. The summed E-state index contributed by atoms with van der Waals surface area (Å²) in [5.41, 5.74) is 6.36. The number of hydrogen-bond donors (Lipinski definition) is 1. The summed E-state index contributed by atoms with van der Waals surface area (Å²) in [6, 6.07) is 6.13. The zero-order valence-electron chi connectivity index (χ0n) is 11.2. The van der Waals surface area contributed by atoms with E-state index in [9.17, 15) is 9.18 Å². The molecule has 0 aliphatic heterocycles. The van der Waals surface area contributed by atoms with Crippen molar-refractivity contribution in [2.24, 2.45) is 11.7 Å². The lowest BCUT2D eigenvalue weighted by molar-refractivity contribution is -0.135. The number of thiocarbonyl (C=S) groups is 1. The fourth-order valence-electron chi connectivity index (χ4n) is 1.69. The molecule has 0 heterocycles. The van der Waals surface area contributed by atoms with E-state index in [0.717, 1.165) is 5.56 Å². The van der Waals surface area contributed by atoms with Crippen LogP contribution in [0.5, 0.6) is 0 Å². The van der Waals surface area contributed by atoms with Crippen LogP contribution >= 0.6 is 12.2 Å². The van der Waals surface area contributed by atoms with Gasteiger partial charge in [-0.2, -0.15) is 0 Å². The van der Waals surface area contributed by atoms with Crippen LogP contribution in [0.4, 0.5) is 4.39 Å². The Hall–Kier alpha value is -1.49. The lowest BCUT2D eigenvalue weighted by atomic mass is 10.1. The van der Waals surface area contributed by atoms with Crippen molar-refractivity contribution in [2.45, 2.75) is 26.8 Å². The summed E-state index contributed by atoms with van der Waals surface area (Å²) in [6.07, 6.45) is 0.495. The zero-order chi connectivity index (χ0) is 14.4. The molecule has 0 atom stereocenters. The van der Waals surface area contributed by atoms with E-state index in [1.807, 2.05) is 13.8 Å². The summed E-state index contributed by atoms with van der Waals surface area (Å²) >= 11 is 4.84. The van der Waals surface area contributed by atoms with Gasteiger partial charge in [0.25, 0.3) is 0 Å². The largest absolute Gasteiger partial charge is 0.393 e. The molecule has 0 fully saturated rings. The van der Waals surface area contributed by atoms with Crippen molar-refractivity contribution in [2.75, 3.05) is 6.54 Å². The van der Waals surface area contributed by atoms with Crippen LogP contribution in [0.15, 0.2) is 24.3 Å². The molecule has 0 saturated carbocycles. The first kappa shape index (κ1) is 15.6. The van der Waals surface area contributed by atoms with Crippen LogP contribution in [0.25, 0.3) is 0 Å². The number of nitrogens with two attached hydrogens (primary N) is 1. The Kier molecular flexibility index (Phi) is 5.89. The average Bonchev–Trinajstić information content (AvgIpc) is 2.35. The molecule has 2 N–H and O–H groups in total. The maximum atomic E-state index is 12.9. The van der Waals surface area contributed by atoms with Crippen LogP contribution in [0.1, 0.15) is 25.8 Å². The second-order valence-electron chi connectivity index (χ2n) is 4.76. The lowest BCUT2D eigenvalue weighted by Gasteiger charge is -2.24. The van der Waals surface area contributed by atoms with Gasteiger partial charge in [0.2, 0.25) is 5.91 Å². The minimum Gasteiger partial charge on any atom is -0.393 e. The number of nitrogens with zero attached hydrogens (tertiary/aromatic N) is 1. The maximum absolute atomic E-state index is 12.9. The normalized spacial score (nSPS) is 10.5. The molecule has 3 nitrogen and oxygen atoms in total. The first-order chi connectivity index (χ1) is 8.90. The highest BCUT2D eigenvalue weighted by Gasteiger charge is 2.17. The molecule has 0 aliphatic rings. The summed E-state index contributed by atoms with van der Waals surface area (Å²) in [7, 11) is 0. The van der Waals surface area contributed by atoms with Gasteiger partial charge in [0.1, 0.15) is 5.82 Å². The van der Waals surface area contributed by atoms with E-state index in [-0.39, 0.29) is 17.6 Å². The smallest absolute Gasteiger partial charge is 0.225 e. The minimum atomic E-state index is -0.284. The van der Waals surface area contributed by atoms with Gasteiger partial charge in [-0.15, -0.1) is 0 Å². The van der Waals surface area contributed by atoms with Gasteiger partial charge >= 0.3 is 0 Å². The van der Waals surface area contributed by atoms with Gasteiger partial charge in [-0.25, -0.2) is 4.39 Å². The Morgan fingerprint density at radius 1 is 1.37 bits per heavy atom. The van der Waals surface area contributed by atoms with Crippen molar-refractivity contribution in [3.05, 3.63) is 35.6 Å². The number of rotatable bonds is 6.